The van der Waals surface area contributed by atoms with Crippen molar-refractivity contribution in [3.05, 3.63) is 71.2 Å². The zero-order valence-electron chi connectivity index (χ0n) is 24.7. The number of hydrogen-bond acceptors (Lipinski definition) is 6. The molecular formula is C32H30F3N5O4S. The lowest BCUT2D eigenvalue weighted by atomic mass is 9.98. The van der Waals surface area contributed by atoms with Gasteiger partial charge in [0, 0.05) is 25.3 Å². The molecule has 45 heavy (non-hydrogen) atoms. The summed E-state index contributed by atoms with van der Waals surface area (Å²) in [6, 6.07) is 12.3. The van der Waals surface area contributed by atoms with Gasteiger partial charge in [0.05, 0.1) is 28.0 Å². The highest BCUT2D eigenvalue weighted by Gasteiger charge is 2.36. The molecular weight excluding hydrogens is 607 g/mol. The van der Waals surface area contributed by atoms with Gasteiger partial charge in [-0.25, -0.2) is 14.6 Å². The molecule has 4 amide bonds. The molecule has 1 atom stereocenters. The molecule has 4 heterocycles. The first kappa shape index (κ1) is 30.4. The van der Waals surface area contributed by atoms with Crippen LogP contribution in [0.3, 0.4) is 0 Å². The van der Waals surface area contributed by atoms with Gasteiger partial charge in [-0.3, -0.25) is 9.69 Å². The quantitative estimate of drug-likeness (QED) is 0.238. The Morgan fingerprint density at radius 3 is 2.62 bits per heavy atom. The third-order valence-electron chi connectivity index (χ3n) is 7.51. The van der Waals surface area contributed by atoms with Crippen LogP contribution in [0.2, 0.25) is 0 Å². The predicted molar refractivity (Wildman–Crippen MR) is 166 cm³/mol. The van der Waals surface area contributed by atoms with E-state index in [1.807, 2.05) is 0 Å². The van der Waals surface area contributed by atoms with E-state index in [1.165, 1.54) is 35.4 Å². The number of urea groups is 1. The molecule has 1 saturated heterocycles. The number of pyridine rings is 1. The fraction of sp³-hybridized carbons (Fsp3) is 0.312. The van der Waals surface area contributed by atoms with E-state index in [2.05, 4.69) is 15.6 Å². The minimum absolute atomic E-state index is 0.00716. The Balaban J connectivity index is 1.29. The van der Waals surface area contributed by atoms with Crippen molar-refractivity contribution in [2.75, 3.05) is 23.3 Å². The van der Waals surface area contributed by atoms with E-state index >= 15 is 0 Å². The summed E-state index contributed by atoms with van der Waals surface area (Å²) in [5.41, 5.74) is -0.0194. The van der Waals surface area contributed by atoms with E-state index in [9.17, 15) is 27.6 Å². The molecule has 0 bridgehead atoms. The Kier molecular flexibility index (Phi) is 7.67. The van der Waals surface area contributed by atoms with E-state index in [1.54, 1.807) is 49.9 Å². The lowest BCUT2D eigenvalue weighted by molar-refractivity contribution is -0.137. The third-order valence-corrected chi connectivity index (χ3v) is 8.60. The van der Waals surface area contributed by atoms with Crippen LogP contribution in [-0.2, 0) is 10.9 Å². The molecule has 0 unspecified atom stereocenters. The molecule has 2 aliphatic rings. The monoisotopic (exact) mass is 637 g/mol. The van der Waals surface area contributed by atoms with E-state index in [4.69, 9.17) is 4.74 Å². The number of aromatic nitrogens is 1. The van der Waals surface area contributed by atoms with E-state index < -0.39 is 35.4 Å². The number of piperidine rings is 1. The second-order valence-corrected chi connectivity index (χ2v) is 12.9. The van der Waals surface area contributed by atoms with Crippen molar-refractivity contribution < 1.29 is 32.3 Å². The SMILES string of the molecule is CC(C)(C)OC(=O)N1CCC[C@@H](NC(=O)c2sc3nccc4c3c2NC(=O)N4c2cccc(-c3ccccc3C(F)(F)F)c2)C1. The zero-order valence-corrected chi connectivity index (χ0v) is 25.5. The highest BCUT2D eigenvalue weighted by molar-refractivity contribution is 7.21. The van der Waals surface area contributed by atoms with Gasteiger partial charge in [-0.2, -0.15) is 13.2 Å². The van der Waals surface area contributed by atoms with Crippen LogP contribution in [0.4, 0.5) is 39.8 Å². The maximum absolute atomic E-state index is 13.8. The lowest BCUT2D eigenvalue weighted by Gasteiger charge is -2.34. The third kappa shape index (κ3) is 6.04. The highest BCUT2D eigenvalue weighted by Crippen LogP contribution is 2.46. The van der Waals surface area contributed by atoms with E-state index in [0.29, 0.717) is 58.8 Å². The second-order valence-electron chi connectivity index (χ2n) is 11.9. The molecule has 0 saturated carbocycles. The number of nitrogens with one attached hydrogen (secondary N) is 2. The molecule has 234 valence electrons. The molecule has 2 aliphatic heterocycles. The van der Waals surface area contributed by atoms with E-state index in [-0.39, 0.29) is 16.5 Å². The van der Waals surface area contributed by atoms with Crippen molar-refractivity contribution in [2.24, 2.45) is 0 Å². The summed E-state index contributed by atoms with van der Waals surface area (Å²) < 4.78 is 46.8. The largest absolute Gasteiger partial charge is 0.444 e. The van der Waals surface area contributed by atoms with Crippen molar-refractivity contribution in [3.63, 3.8) is 0 Å². The number of thiophene rings is 1. The molecule has 13 heteroatoms. The number of alkyl halides is 3. The normalized spacial score (nSPS) is 16.8. The maximum atomic E-state index is 13.8. The van der Waals surface area contributed by atoms with Crippen molar-refractivity contribution in [1.82, 2.24) is 15.2 Å². The van der Waals surface area contributed by atoms with Gasteiger partial charge in [0.2, 0.25) is 0 Å². The minimum Gasteiger partial charge on any atom is -0.444 e. The predicted octanol–water partition coefficient (Wildman–Crippen LogP) is 7.80. The van der Waals surface area contributed by atoms with Crippen LogP contribution in [0, 0.1) is 0 Å². The van der Waals surface area contributed by atoms with Gasteiger partial charge < -0.3 is 20.3 Å². The lowest BCUT2D eigenvalue weighted by Crippen LogP contribution is -2.50. The molecule has 2 N–H and O–H groups in total. The zero-order chi connectivity index (χ0) is 32.1. The summed E-state index contributed by atoms with van der Waals surface area (Å²) >= 11 is 1.12. The van der Waals surface area contributed by atoms with Crippen LogP contribution in [0.5, 0.6) is 0 Å². The Morgan fingerprint density at radius 1 is 1.09 bits per heavy atom. The number of amides is 4. The molecule has 0 radical (unpaired) electrons. The number of halogens is 3. The summed E-state index contributed by atoms with van der Waals surface area (Å²) in [6.07, 6.45) is -2.12. The van der Waals surface area contributed by atoms with Gasteiger partial charge in [0.1, 0.15) is 15.3 Å². The number of nitrogens with zero attached hydrogens (tertiary/aromatic N) is 3. The fourth-order valence-corrected chi connectivity index (χ4v) is 6.66. The molecule has 6 rings (SSSR count). The Bertz CT molecular complexity index is 1820. The highest BCUT2D eigenvalue weighted by atomic mass is 32.1. The number of rotatable bonds is 4. The fourth-order valence-electron chi connectivity index (χ4n) is 5.63. The Hall–Kier alpha value is -4.65. The molecule has 2 aromatic heterocycles. The molecule has 9 nitrogen and oxygen atoms in total. The van der Waals surface area contributed by atoms with Crippen LogP contribution < -0.4 is 15.5 Å². The van der Waals surface area contributed by atoms with Crippen molar-refractivity contribution in [1.29, 1.82) is 0 Å². The first-order valence-electron chi connectivity index (χ1n) is 14.4. The number of carbonyl (C=O) groups is 3. The summed E-state index contributed by atoms with van der Waals surface area (Å²) in [5, 5.41) is 6.37. The number of benzene rings is 2. The van der Waals surface area contributed by atoms with Gasteiger partial charge in [-0.15, -0.1) is 11.3 Å². The minimum atomic E-state index is -4.56. The summed E-state index contributed by atoms with van der Waals surface area (Å²) in [5.74, 6) is -0.408. The van der Waals surface area contributed by atoms with Gasteiger partial charge in [-0.1, -0.05) is 30.3 Å². The Labute approximate surface area is 261 Å². The van der Waals surface area contributed by atoms with Gasteiger partial charge >= 0.3 is 18.3 Å². The summed E-state index contributed by atoms with van der Waals surface area (Å²) in [7, 11) is 0. The van der Waals surface area contributed by atoms with Crippen LogP contribution in [0.1, 0.15) is 48.8 Å². The second kappa shape index (κ2) is 11.4. The number of carbonyl (C=O) groups excluding carboxylic acids is 3. The Morgan fingerprint density at radius 2 is 1.87 bits per heavy atom. The summed E-state index contributed by atoms with van der Waals surface area (Å²) in [4.78, 5) is 47.9. The number of likely N-dealkylation sites (tertiary alicyclic amines) is 1. The standard InChI is InChI=1S/C32H30F3N5O4S/c1-31(2,3)44-30(43)39-15-7-9-19(17-39)37-27(41)26-25-24-23(13-14-36-28(24)45-26)40(29(42)38-25)20-10-6-8-18(16-20)21-11-4-5-12-22(21)32(33,34)35/h4-6,8,10-14,16,19H,7,9,15,17H2,1-3H3,(H,37,41)(H,38,42)/t19-/m1/s1. The molecule has 2 aromatic carbocycles. The molecule has 0 spiro atoms. The summed E-state index contributed by atoms with van der Waals surface area (Å²) in [6.45, 7) is 6.20. The topological polar surface area (TPSA) is 104 Å². The first-order valence-corrected chi connectivity index (χ1v) is 15.2. The van der Waals surface area contributed by atoms with Crippen molar-refractivity contribution >= 4 is 56.6 Å². The van der Waals surface area contributed by atoms with Crippen LogP contribution in [0.15, 0.2) is 60.8 Å². The van der Waals surface area contributed by atoms with Gasteiger partial charge in [-0.05, 0) is 69.0 Å². The average Bonchev–Trinajstić information content (AvgIpc) is 3.35. The van der Waals surface area contributed by atoms with E-state index in [0.717, 1.165) is 17.4 Å². The van der Waals surface area contributed by atoms with Gasteiger partial charge in [0.15, 0.2) is 0 Å². The first-order chi connectivity index (χ1) is 21.3. The number of hydrogen-bond donors (Lipinski definition) is 2. The average molecular weight is 638 g/mol. The molecule has 1 fully saturated rings. The van der Waals surface area contributed by atoms with Gasteiger partial charge in [0.25, 0.3) is 5.91 Å². The smallest absolute Gasteiger partial charge is 0.417 e. The van der Waals surface area contributed by atoms with Crippen LogP contribution in [0.25, 0.3) is 21.3 Å². The molecule has 0 aliphatic carbocycles. The molecule has 4 aromatic rings. The van der Waals surface area contributed by atoms with Crippen molar-refractivity contribution in [2.45, 2.75) is 51.4 Å². The maximum Gasteiger partial charge on any atom is 0.417 e. The van der Waals surface area contributed by atoms with Crippen LogP contribution in [-0.4, -0.2) is 52.6 Å². The van der Waals surface area contributed by atoms with Crippen molar-refractivity contribution in [3.8, 4) is 11.1 Å². The van der Waals surface area contributed by atoms with Crippen LogP contribution >= 0.6 is 11.3 Å². The number of ether oxygens (including phenoxy) is 1. The number of anilines is 3.